The van der Waals surface area contributed by atoms with Crippen LogP contribution < -0.4 is 0 Å². The normalized spacial score (nSPS) is 29.3. The van der Waals surface area contributed by atoms with E-state index in [1.165, 1.54) is 12.1 Å². The van der Waals surface area contributed by atoms with Gasteiger partial charge in [0.2, 0.25) is 0 Å². The lowest BCUT2D eigenvalue weighted by atomic mass is 9.85. The molecule has 1 fully saturated rings. The zero-order valence-corrected chi connectivity index (χ0v) is 10.5. The first-order valence-corrected chi connectivity index (χ1v) is 6.14. The maximum atomic E-state index is 13.6. The highest BCUT2D eigenvalue weighted by molar-refractivity contribution is 6.30. The van der Waals surface area contributed by atoms with Crippen LogP contribution in [0.15, 0.2) is 18.2 Å². The van der Waals surface area contributed by atoms with E-state index < -0.39 is 5.60 Å². The van der Waals surface area contributed by atoms with E-state index in [-0.39, 0.29) is 18.3 Å². The molecule has 94 valence electrons. The summed E-state index contributed by atoms with van der Waals surface area (Å²) in [6.07, 6.45) is 1.35. The van der Waals surface area contributed by atoms with E-state index in [0.717, 1.165) is 0 Å². The van der Waals surface area contributed by atoms with Crippen LogP contribution in [0.3, 0.4) is 0 Å². The first kappa shape index (κ1) is 12.8. The van der Waals surface area contributed by atoms with Crippen LogP contribution in [0.25, 0.3) is 0 Å². The second-order valence-electron chi connectivity index (χ2n) is 4.77. The smallest absolute Gasteiger partial charge is 0.126 e. The van der Waals surface area contributed by atoms with Crippen LogP contribution >= 0.6 is 11.6 Å². The standard InChI is InChI=1S/C13H16ClFO2/c1-9-7-13(16,4-5-17-9)8-10-6-11(14)2-3-12(10)15/h2-3,6,9,16H,4-5,7-8H2,1H3. The molecule has 2 atom stereocenters. The average Bonchev–Trinajstić information content (AvgIpc) is 2.22. The molecular weight excluding hydrogens is 243 g/mol. The Labute approximate surface area is 105 Å². The fourth-order valence-corrected chi connectivity index (χ4v) is 2.53. The van der Waals surface area contributed by atoms with Gasteiger partial charge in [0.25, 0.3) is 0 Å². The predicted molar refractivity (Wildman–Crippen MR) is 64.7 cm³/mol. The monoisotopic (exact) mass is 258 g/mol. The van der Waals surface area contributed by atoms with E-state index in [1.807, 2.05) is 6.92 Å². The largest absolute Gasteiger partial charge is 0.389 e. The minimum absolute atomic E-state index is 0.0102. The van der Waals surface area contributed by atoms with Crippen molar-refractivity contribution in [1.29, 1.82) is 0 Å². The van der Waals surface area contributed by atoms with Gasteiger partial charge in [0.15, 0.2) is 0 Å². The zero-order chi connectivity index (χ0) is 12.5. The van der Waals surface area contributed by atoms with E-state index in [1.54, 1.807) is 6.07 Å². The molecular formula is C13H16ClFO2. The molecule has 1 heterocycles. The number of halogens is 2. The topological polar surface area (TPSA) is 29.5 Å². The molecule has 1 aromatic carbocycles. The van der Waals surface area contributed by atoms with Crippen LogP contribution in [0, 0.1) is 5.82 Å². The maximum Gasteiger partial charge on any atom is 0.126 e. The van der Waals surface area contributed by atoms with Crippen LogP contribution in [-0.4, -0.2) is 23.4 Å². The molecule has 2 rings (SSSR count). The molecule has 0 aliphatic carbocycles. The lowest BCUT2D eigenvalue weighted by Crippen LogP contribution is -2.41. The summed E-state index contributed by atoms with van der Waals surface area (Å²) < 4.78 is 19.0. The van der Waals surface area contributed by atoms with Gasteiger partial charge in [-0.25, -0.2) is 4.39 Å². The molecule has 0 amide bonds. The van der Waals surface area contributed by atoms with Gasteiger partial charge in [-0.2, -0.15) is 0 Å². The Bertz CT molecular complexity index is 410. The van der Waals surface area contributed by atoms with Crippen molar-refractivity contribution < 1.29 is 14.2 Å². The number of hydrogen-bond donors (Lipinski definition) is 1. The molecule has 4 heteroatoms. The molecule has 0 radical (unpaired) electrons. The molecule has 0 aromatic heterocycles. The third-order valence-corrected chi connectivity index (χ3v) is 3.40. The van der Waals surface area contributed by atoms with E-state index in [9.17, 15) is 9.50 Å². The van der Waals surface area contributed by atoms with E-state index in [2.05, 4.69) is 0 Å². The summed E-state index contributed by atoms with van der Waals surface area (Å²) in [6.45, 7) is 2.43. The van der Waals surface area contributed by atoms with Gasteiger partial charge in [-0.05, 0) is 37.1 Å². The number of ether oxygens (including phenoxy) is 1. The number of hydrogen-bond acceptors (Lipinski definition) is 2. The summed E-state index contributed by atoms with van der Waals surface area (Å²) in [4.78, 5) is 0. The summed E-state index contributed by atoms with van der Waals surface area (Å²) in [5.41, 5.74) is -0.419. The predicted octanol–water partition coefficient (Wildman–Crippen LogP) is 2.95. The van der Waals surface area contributed by atoms with Crippen molar-refractivity contribution in [3.8, 4) is 0 Å². The molecule has 1 aliphatic rings. The van der Waals surface area contributed by atoms with Gasteiger partial charge in [0.1, 0.15) is 5.82 Å². The Morgan fingerprint density at radius 2 is 2.35 bits per heavy atom. The number of aliphatic hydroxyl groups is 1. The van der Waals surface area contributed by atoms with Crippen LogP contribution in [0.5, 0.6) is 0 Å². The summed E-state index contributed by atoms with van der Waals surface area (Å²) in [5.74, 6) is -0.318. The summed E-state index contributed by atoms with van der Waals surface area (Å²) >= 11 is 5.84. The van der Waals surface area contributed by atoms with E-state index >= 15 is 0 Å². The van der Waals surface area contributed by atoms with Crippen molar-refractivity contribution in [2.75, 3.05) is 6.61 Å². The highest BCUT2D eigenvalue weighted by atomic mass is 35.5. The molecule has 2 unspecified atom stereocenters. The Hall–Kier alpha value is -0.640. The minimum Gasteiger partial charge on any atom is -0.389 e. The lowest BCUT2D eigenvalue weighted by Gasteiger charge is -2.35. The third-order valence-electron chi connectivity index (χ3n) is 3.16. The van der Waals surface area contributed by atoms with Crippen LogP contribution in [0.4, 0.5) is 4.39 Å². The number of rotatable bonds is 2. The second-order valence-corrected chi connectivity index (χ2v) is 5.21. The first-order chi connectivity index (χ1) is 7.98. The average molecular weight is 259 g/mol. The number of benzene rings is 1. The van der Waals surface area contributed by atoms with Crippen LogP contribution in [0.2, 0.25) is 5.02 Å². The Balaban J connectivity index is 2.16. The third kappa shape index (κ3) is 3.18. The SMILES string of the molecule is CC1CC(O)(Cc2cc(Cl)ccc2F)CCO1. The van der Waals surface area contributed by atoms with Crippen molar-refractivity contribution in [3.05, 3.63) is 34.6 Å². The molecule has 2 nitrogen and oxygen atoms in total. The molecule has 0 bridgehead atoms. The van der Waals surface area contributed by atoms with Crippen LogP contribution in [-0.2, 0) is 11.2 Å². The zero-order valence-electron chi connectivity index (χ0n) is 9.75. The molecule has 0 saturated carbocycles. The van der Waals surface area contributed by atoms with Crippen molar-refractivity contribution >= 4 is 11.6 Å². The van der Waals surface area contributed by atoms with Crippen molar-refractivity contribution in [2.24, 2.45) is 0 Å². The minimum atomic E-state index is -0.886. The molecule has 1 saturated heterocycles. The van der Waals surface area contributed by atoms with Gasteiger partial charge in [0, 0.05) is 24.5 Å². The van der Waals surface area contributed by atoms with Crippen LogP contribution in [0.1, 0.15) is 25.3 Å². The molecule has 1 aliphatic heterocycles. The summed E-state index contributed by atoms with van der Waals surface area (Å²) in [6, 6.07) is 4.43. The van der Waals surface area contributed by atoms with Crippen molar-refractivity contribution in [2.45, 2.75) is 37.9 Å². The van der Waals surface area contributed by atoms with E-state index in [4.69, 9.17) is 16.3 Å². The van der Waals surface area contributed by atoms with Gasteiger partial charge in [-0.1, -0.05) is 11.6 Å². The fraction of sp³-hybridized carbons (Fsp3) is 0.538. The Morgan fingerprint density at radius 3 is 3.06 bits per heavy atom. The van der Waals surface area contributed by atoms with E-state index in [0.29, 0.717) is 30.0 Å². The quantitative estimate of drug-likeness (QED) is 0.884. The van der Waals surface area contributed by atoms with Gasteiger partial charge in [-0.15, -0.1) is 0 Å². The van der Waals surface area contributed by atoms with Gasteiger partial charge >= 0.3 is 0 Å². The highest BCUT2D eigenvalue weighted by Gasteiger charge is 2.34. The fourth-order valence-electron chi connectivity index (χ4n) is 2.34. The summed E-state index contributed by atoms with van der Waals surface area (Å²) in [5, 5.41) is 10.9. The molecule has 1 N–H and O–H groups in total. The van der Waals surface area contributed by atoms with Crippen molar-refractivity contribution in [3.63, 3.8) is 0 Å². The highest BCUT2D eigenvalue weighted by Crippen LogP contribution is 2.30. The Morgan fingerprint density at radius 1 is 1.59 bits per heavy atom. The van der Waals surface area contributed by atoms with Crippen molar-refractivity contribution in [1.82, 2.24) is 0 Å². The van der Waals surface area contributed by atoms with Gasteiger partial charge < -0.3 is 9.84 Å². The lowest BCUT2D eigenvalue weighted by molar-refractivity contribution is -0.0964. The molecule has 17 heavy (non-hydrogen) atoms. The van der Waals surface area contributed by atoms with Gasteiger partial charge in [-0.3, -0.25) is 0 Å². The van der Waals surface area contributed by atoms with Gasteiger partial charge in [0.05, 0.1) is 11.7 Å². The molecule has 1 aromatic rings. The molecule has 0 spiro atoms. The Kier molecular flexibility index (Phi) is 3.71. The second kappa shape index (κ2) is 4.92. The first-order valence-electron chi connectivity index (χ1n) is 5.76. The summed E-state index contributed by atoms with van der Waals surface area (Å²) in [7, 11) is 0. The maximum absolute atomic E-state index is 13.6.